The summed E-state index contributed by atoms with van der Waals surface area (Å²) in [5.74, 6) is 1.80. The maximum absolute atomic E-state index is 4.11. The van der Waals surface area contributed by atoms with Crippen molar-refractivity contribution in [2.45, 2.75) is 33.1 Å². The van der Waals surface area contributed by atoms with E-state index in [0.717, 1.165) is 17.3 Å². The van der Waals surface area contributed by atoms with E-state index < -0.39 is 0 Å². The van der Waals surface area contributed by atoms with Gasteiger partial charge in [-0.15, -0.1) is 0 Å². The van der Waals surface area contributed by atoms with Crippen molar-refractivity contribution in [3.05, 3.63) is 12.2 Å². The zero-order chi connectivity index (χ0) is 7.35. The molecular formula is C10H16. The summed E-state index contributed by atoms with van der Waals surface area (Å²) >= 11 is 0. The van der Waals surface area contributed by atoms with Crippen LogP contribution >= 0.6 is 0 Å². The van der Waals surface area contributed by atoms with Crippen molar-refractivity contribution < 1.29 is 0 Å². The highest BCUT2D eigenvalue weighted by Gasteiger charge is 2.54. The topological polar surface area (TPSA) is 0 Å². The van der Waals surface area contributed by atoms with E-state index in [4.69, 9.17) is 0 Å². The van der Waals surface area contributed by atoms with E-state index in [-0.39, 0.29) is 0 Å². The number of allylic oxidation sites excluding steroid dienone is 1. The number of hydrogen-bond acceptors (Lipinski definition) is 0. The second-order valence-electron chi connectivity index (χ2n) is 4.41. The average Bonchev–Trinajstić information content (AvgIpc) is 2.31. The van der Waals surface area contributed by atoms with Gasteiger partial charge in [0, 0.05) is 0 Å². The zero-order valence-corrected chi connectivity index (χ0v) is 6.98. The first-order chi connectivity index (χ1) is 4.64. The predicted octanol–water partition coefficient (Wildman–Crippen LogP) is 3.00. The second kappa shape index (κ2) is 1.66. The first-order valence-electron chi connectivity index (χ1n) is 4.32. The van der Waals surface area contributed by atoms with Crippen molar-refractivity contribution in [2.24, 2.45) is 17.3 Å². The van der Waals surface area contributed by atoms with Gasteiger partial charge in [-0.3, -0.25) is 0 Å². The molecule has 2 saturated carbocycles. The molecule has 2 fully saturated rings. The normalized spacial score (nSPS) is 52.4. The third-order valence-electron chi connectivity index (χ3n) is 3.59. The standard InChI is InChI=1S/C10H16/c1-7-4-10(5-8(7)2)6-9(10)3/h8-9H,1,4-6H2,2-3H3. The van der Waals surface area contributed by atoms with Gasteiger partial charge in [-0.1, -0.05) is 26.0 Å². The largest absolute Gasteiger partial charge is 0.0996 e. The van der Waals surface area contributed by atoms with Crippen LogP contribution in [0.3, 0.4) is 0 Å². The SMILES string of the molecule is C=C1CC2(CC1C)CC2C. The molecule has 0 aromatic carbocycles. The molecule has 56 valence electrons. The molecule has 0 amide bonds. The van der Waals surface area contributed by atoms with Gasteiger partial charge in [0.15, 0.2) is 0 Å². The minimum atomic E-state index is 0.747. The molecule has 3 atom stereocenters. The Morgan fingerprint density at radius 3 is 2.20 bits per heavy atom. The fraction of sp³-hybridized carbons (Fsp3) is 0.800. The summed E-state index contributed by atoms with van der Waals surface area (Å²) in [6.07, 6.45) is 4.22. The lowest BCUT2D eigenvalue weighted by Crippen LogP contribution is -1.94. The summed E-state index contributed by atoms with van der Waals surface area (Å²) in [5, 5.41) is 0. The van der Waals surface area contributed by atoms with E-state index in [2.05, 4.69) is 20.4 Å². The molecule has 2 aliphatic rings. The summed E-state index contributed by atoms with van der Waals surface area (Å²) in [6, 6.07) is 0. The van der Waals surface area contributed by atoms with E-state index in [1.807, 2.05) is 0 Å². The van der Waals surface area contributed by atoms with Crippen LogP contribution in [-0.2, 0) is 0 Å². The van der Waals surface area contributed by atoms with Crippen LogP contribution in [-0.4, -0.2) is 0 Å². The molecule has 2 rings (SSSR count). The molecule has 0 aromatic heterocycles. The molecule has 1 spiro atoms. The van der Waals surface area contributed by atoms with Crippen LogP contribution in [0.1, 0.15) is 33.1 Å². The van der Waals surface area contributed by atoms with Crippen LogP contribution in [0.15, 0.2) is 12.2 Å². The fourth-order valence-corrected chi connectivity index (χ4v) is 2.53. The van der Waals surface area contributed by atoms with Crippen LogP contribution in [0.5, 0.6) is 0 Å². The van der Waals surface area contributed by atoms with Crippen LogP contribution < -0.4 is 0 Å². The molecule has 3 unspecified atom stereocenters. The minimum Gasteiger partial charge on any atom is -0.0996 e. The van der Waals surface area contributed by atoms with E-state index >= 15 is 0 Å². The van der Waals surface area contributed by atoms with Crippen LogP contribution in [0.2, 0.25) is 0 Å². The molecule has 0 radical (unpaired) electrons. The van der Waals surface area contributed by atoms with Gasteiger partial charge in [-0.05, 0) is 36.5 Å². The summed E-state index contributed by atoms with van der Waals surface area (Å²) in [5.41, 5.74) is 2.25. The third kappa shape index (κ3) is 0.680. The lowest BCUT2D eigenvalue weighted by atomic mass is 10.0. The van der Waals surface area contributed by atoms with Crippen LogP contribution in [0.4, 0.5) is 0 Å². The van der Waals surface area contributed by atoms with E-state index in [1.54, 1.807) is 0 Å². The Bertz CT molecular complexity index is 180. The Balaban J connectivity index is 2.13. The van der Waals surface area contributed by atoms with E-state index in [0.29, 0.717) is 0 Å². The molecule has 0 nitrogen and oxygen atoms in total. The summed E-state index contributed by atoms with van der Waals surface area (Å²) in [4.78, 5) is 0. The smallest absolute Gasteiger partial charge is 0.0226 e. The van der Waals surface area contributed by atoms with E-state index in [9.17, 15) is 0 Å². The van der Waals surface area contributed by atoms with Gasteiger partial charge >= 0.3 is 0 Å². The van der Waals surface area contributed by atoms with Crippen molar-refractivity contribution in [1.82, 2.24) is 0 Å². The van der Waals surface area contributed by atoms with Gasteiger partial charge in [0.2, 0.25) is 0 Å². The van der Waals surface area contributed by atoms with Gasteiger partial charge in [0.1, 0.15) is 0 Å². The first kappa shape index (κ1) is 6.45. The summed E-state index contributed by atoms with van der Waals surface area (Å²) in [6.45, 7) is 8.81. The molecule has 0 heterocycles. The molecule has 2 aliphatic carbocycles. The Morgan fingerprint density at radius 1 is 1.40 bits per heavy atom. The predicted molar refractivity (Wildman–Crippen MR) is 43.8 cm³/mol. The number of rotatable bonds is 0. The van der Waals surface area contributed by atoms with Crippen molar-refractivity contribution >= 4 is 0 Å². The molecule has 0 N–H and O–H groups in total. The summed E-state index contributed by atoms with van der Waals surface area (Å²) in [7, 11) is 0. The maximum atomic E-state index is 4.11. The average molecular weight is 136 g/mol. The Hall–Kier alpha value is -0.260. The monoisotopic (exact) mass is 136 g/mol. The highest BCUT2D eigenvalue weighted by Crippen LogP contribution is 2.65. The molecule has 0 bridgehead atoms. The molecular weight excluding hydrogens is 120 g/mol. The zero-order valence-electron chi connectivity index (χ0n) is 6.98. The van der Waals surface area contributed by atoms with Crippen LogP contribution in [0, 0.1) is 17.3 Å². The fourth-order valence-electron chi connectivity index (χ4n) is 2.53. The first-order valence-corrected chi connectivity index (χ1v) is 4.32. The molecule has 0 aliphatic heterocycles. The van der Waals surface area contributed by atoms with Crippen molar-refractivity contribution in [1.29, 1.82) is 0 Å². The highest BCUT2D eigenvalue weighted by molar-refractivity contribution is 5.19. The third-order valence-corrected chi connectivity index (χ3v) is 3.59. The lowest BCUT2D eigenvalue weighted by Gasteiger charge is -2.03. The van der Waals surface area contributed by atoms with Crippen molar-refractivity contribution in [2.75, 3.05) is 0 Å². The van der Waals surface area contributed by atoms with Crippen molar-refractivity contribution in [3.8, 4) is 0 Å². The Kier molecular flexibility index (Phi) is 1.07. The Labute approximate surface area is 63.3 Å². The second-order valence-corrected chi connectivity index (χ2v) is 4.41. The maximum Gasteiger partial charge on any atom is -0.0226 e. The van der Waals surface area contributed by atoms with Crippen molar-refractivity contribution in [3.63, 3.8) is 0 Å². The summed E-state index contributed by atoms with van der Waals surface area (Å²) < 4.78 is 0. The molecule has 10 heavy (non-hydrogen) atoms. The minimum absolute atomic E-state index is 0.747. The highest BCUT2D eigenvalue weighted by atomic mass is 14.6. The molecule has 0 heteroatoms. The van der Waals surface area contributed by atoms with Gasteiger partial charge in [0.25, 0.3) is 0 Å². The van der Waals surface area contributed by atoms with Gasteiger partial charge in [-0.25, -0.2) is 0 Å². The van der Waals surface area contributed by atoms with Gasteiger partial charge < -0.3 is 0 Å². The van der Waals surface area contributed by atoms with Gasteiger partial charge in [0.05, 0.1) is 0 Å². The van der Waals surface area contributed by atoms with Gasteiger partial charge in [-0.2, -0.15) is 0 Å². The van der Waals surface area contributed by atoms with Crippen LogP contribution in [0.25, 0.3) is 0 Å². The number of hydrogen-bond donors (Lipinski definition) is 0. The quantitative estimate of drug-likeness (QED) is 0.449. The molecule has 0 aromatic rings. The molecule has 0 saturated heterocycles. The van der Waals surface area contributed by atoms with E-state index in [1.165, 1.54) is 24.8 Å². The Morgan fingerprint density at radius 2 is 2.00 bits per heavy atom. The lowest BCUT2D eigenvalue weighted by molar-refractivity contribution is 0.462.